The van der Waals surface area contributed by atoms with Gasteiger partial charge in [-0.2, -0.15) is 0 Å². The predicted molar refractivity (Wildman–Crippen MR) is 114 cm³/mol. The molecule has 32 heavy (non-hydrogen) atoms. The summed E-state index contributed by atoms with van der Waals surface area (Å²) in [6, 6.07) is 0. The highest BCUT2D eigenvalue weighted by Gasteiger charge is 2.52. The smallest absolute Gasteiger partial charge is 0.303 e. The maximum Gasteiger partial charge on any atom is 0.303 e. The maximum absolute atomic E-state index is 11.8. The van der Waals surface area contributed by atoms with Crippen LogP contribution < -0.4 is 0 Å². The number of carbonyl (C=O) groups excluding carboxylic acids is 3. The summed E-state index contributed by atoms with van der Waals surface area (Å²) in [5.74, 6) is 0.747. The lowest BCUT2D eigenvalue weighted by Gasteiger charge is -2.45. The van der Waals surface area contributed by atoms with E-state index in [2.05, 4.69) is 5.92 Å². The second-order valence-corrected chi connectivity index (χ2v) is 9.05. The molecule has 0 amide bonds. The Morgan fingerprint density at radius 1 is 0.875 bits per heavy atom. The van der Waals surface area contributed by atoms with Crippen molar-refractivity contribution >= 4 is 17.9 Å². The highest BCUT2D eigenvalue weighted by Crippen LogP contribution is 2.32. The van der Waals surface area contributed by atoms with Crippen LogP contribution in [0.4, 0.5) is 0 Å². The minimum absolute atomic E-state index is 0.367. The van der Waals surface area contributed by atoms with E-state index in [1.54, 1.807) is 6.92 Å². The Balaban J connectivity index is 3.04. The molecule has 5 unspecified atom stereocenters. The summed E-state index contributed by atoms with van der Waals surface area (Å²) < 4.78 is 34.0. The van der Waals surface area contributed by atoms with Gasteiger partial charge in [-0.3, -0.25) is 14.4 Å². The molecule has 5 atom stereocenters. The number of hydrogen-bond donors (Lipinski definition) is 0. The van der Waals surface area contributed by atoms with Crippen molar-refractivity contribution in [1.29, 1.82) is 0 Å². The first-order valence-electron chi connectivity index (χ1n) is 10.6. The van der Waals surface area contributed by atoms with Crippen molar-refractivity contribution < 1.29 is 42.8 Å². The average molecular weight is 457 g/mol. The van der Waals surface area contributed by atoms with E-state index in [-0.39, 0.29) is 0 Å². The Kier molecular flexibility index (Phi) is 10.1. The number of hydrogen-bond acceptors (Lipinski definition) is 9. The molecular formula is C23H36O9. The molecule has 1 fully saturated rings. The van der Waals surface area contributed by atoms with Crippen molar-refractivity contribution in [3.8, 4) is 12.3 Å². The molecule has 0 saturated carbocycles. The number of ether oxygens (including phenoxy) is 6. The van der Waals surface area contributed by atoms with Crippen molar-refractivity contribution in [1.82, 2.24) is 0 Å². The number of rotatable bonds is 10. The zero-order chi connectivity index (χ0) is 24.7. The van der Waals surface area contributed by atoms with Gasteiger partial charge in [-0.05, 0) is 41.0 Å². The van der Waals surface area contributed by atoms with E-state index in [4.69, 9.17) is 34.8 Å². The summed E-state index contributed by atoms with van der Waals surface area (Å²) >= 11 is 0. The minimum Gasteiger partial charge on any atom is -0.456 e. The van der Waals surface area contributed by atoms with E-state index in [1.807, 2.05) is 27.7 Å². The molecule has 0 aliphatic carbocycles. The molecule has 0 N–H and O–H groups in total. The van der Waals surface area contributed by atoms with Crippen molar-refractivity contribution in [2.75, 3.05) is 6.61 Å². The zero-order valence-corrected chi connectivity index (χ0v) is 20.3. The molecule has 1 heterocycles. The summed E-state index contributed by atoms with van der Waals surface area (Å²) in [6.45, 7) is 13.2. The van der Waals surface area contributed by atoms with Gasteiger partial charge in [0.1, 0.15) is 0 Å². The summed E-state index contributed by atoms with van der Waals surface area (Å²) in [5, 5.41) is 0. The van der Waals surface area contributed by atoms with Crippen LogP contribution in [0, 0.1) is 12.3 Å². The third-order valence-electron chi connectivity index (χ3n) is 4.79. The Morgan fingerprint density at radius 3 is 1.88 bits per heavy atom. The van der Waals surface area contributed by atoms with Crippen LogP contribution in [0.5, 0.6) is 0 Å². The number of terminal acetylenes is 1. The SMILES string of the molecule is C#CCC(C)(C)OCCC(C)(C)OC1OC(C)C(OC(C)=O)C(OC(C)=O)C1OC(C)=O. The van der Waals surface area contributed by atoms with Gasteiger partial charge in [0.2, 0.25) is 0 Å². The topological polar surface area (TPSA) is 107 Å². The van der Waals surface area contributed by atoms with Gasteiger partial charge in [-0.15, -0.1) is 12.3 Å². The van der Waals surface area contributed by atoms with Gasteiger partial charge in [0, 0.05) is 27.2 Å². The highest BCUT2D eigenvalue weighted by atomic mass is 16.7. The van der Waals surface area contributed by atoms with E-state index in [1.165, 1.54) is 20.8 Å². The average Bonchev–Trinajstić information content (AvgIpc) is 2.59. The number of esters is 3. The van der Waals surface area contributed by atoms with Crippen molar-refractivity contribution in [2.24, 2.45) is 0 Å². The molecule has 0 aromatic carbocycles. The lowest BCUT2D eigenvalue weighted by molar-refractivity contribution is -0.322. The standard InChI is InChI=1S/C23H36O9/c1-10-11-22(6,7)27-13-12-23(8,9)32-21-20(31-17(5)26)19(30-16(4)25)18(14(2)28-21)29-15(3)24/h1,14,18-21H,11-13H2,2-9H3. The molecule has 1 aliphatic heterocycles. The Labute approximate surface area is 190 Å². The van der Waals surface area contributed by atoms with Crippen molar-refractivity contribution in [3.05, 3.63) is 0 Å². The third kappa shape index (κ3) is 9.15. The quantitative estimate of drug-likeness (QED) is 0.278. The molecule has 0 bridgehead atoms. The van der Waals surface area contributed by atoms with Crippen LogP contribution in [0.3, 0.4) is 0 Å². The van der Waals surface area contributed by atoms with Gasteiger partial charge in [0.25, 0.3) is 0 Å². The molecule has 0 spiro atoms. The molecule has 1 saturated heterocycles. The third-order valence-corrected chi connectivity index (χ3v) is 4.79. The summed E-state index contributed by atoms with van der Waals surface area (Å²) in [7, 11) is 0. The van der Waals surface area contributed by atoms with E-state index in [9.17, 15) is 14.4 Å². The van der Waals surface area contributed by atoms with Crippen molar-refractivity contribution in [2.45, 2.75) is 110 Å². The Hall–Kier alpha value is -2.15. The van der Waals surface area contributed by atoms with Crippen LogP contribution in [0.2, 0.25) is 0 Å². The van der Waals surface area contributed by atoms with Gasteiger partial charge < -0.3 is 28.4 Å². The largest absolute Gasteiger partial charge is 0.456 e. The lowest BCUT2D eigenvalue weighted by atomic mass is 9.98. The first-order valence-corrected chi connectivity index (χ1v) is 10.6. The molecular weight excluding hydrogens is 420 g/mol. The fourth-order valence-electron chi connectivity index (χ4n) is 3.31. The van der Waals surface area contributed by atoms with Crippen molar-refractivity contribution in [3.63, 3.8) is 0 Å². The van der Waals surface area contributed by atoms with Crippen LogP contribution in [0.15, 0.2) is 0 Å². The van der Waals surface area contributed by atoms with Crippen LogP contribution in [0.25, 0.3) is 0 Å². The maximum atomic E-state index is 11.8. The van der Waals surface area contributed by atoms with E-state index in [0.29, 0.717) is 19.4 Å². The highest BCUT2D eigenvalue weighted by molar-refractivity contribution is 5.68. The lowest BCUT2D eigenvalue weighted by Crippen LogP contribution is -2.62. The van der Waals surface area contributed by atoms with Gasteiger partial charge >= 0.3 is 17.9 Å². The molecule has 0 radical (unpaired) electrons. The van der Waals surface area contributed by atoms with Crippen LogP contribution in [-0.4, -0.2) is 66.4 Å². The molecule has 1 rings (SSSR count). The zero-order valence-electron chi connectivity index (χ0n) is 20.3. The normalized spacial score (nSPS) is 26.0. The second-order valence-electron chi connectivity index (χ2n) is 9.05. The number of carbonyl (C=O) groups is 3. The molecule has 9 nitrogen and oxygen atoms in total. The molecule has 1 aliphatic rings. The molecule has 9 heteroatoms. The second kappa shape index (κ2) is 11.6. The fraction of sp³-hybridized carbons (Fsp3) is 0.783. The van der Waals surface area contributed by atoms with E-state index < -0.39 is 59.8 Å². The van der Waals surface area contributed by atoms with Gasteiger partial charge in [0.15, 0.2) is 24.6 Å². The summed E-state index contributed by atoms with van der Waals surface area (Å²) in [5.41, 5.74) is -1.23. The van der Waals surface area contributed by atoms with E-state index >= 15 is 0 Å². The Morgan fingerprint density at radius 2 is 1.38 bits per heavy atom. The first-order chi connectivity index (χ1) is 14.7. The summed E-state index contributed by atoms with van der Waals surface area (Å²) in [4.78, 5) is 35.1. The molecule has 0 aromatic rings. The fourth-order valence-corrected chi connectivity index (χ4v) is 3.31. The molecule has 182 valence electrons. The summed E-state index contributed by atoms with van der Waals surface area (Å²) in [6.07, 6.45) is 1.33. The van der Waals surface area contributed by atoms with Gasteiger partial charge in [-0.1, -0.05) is 0 Å². The Bertz CT molecular complexity index is 707. The van der Waals surface area contributed by atoms with Crippen LogP contribution in [0.1, 0.15) is 68.2 Å². The monoisotopic (exact) mass is 456 g/mol. The van der Waals surface area contributed by atoms with Gasteiger partial charge in [-0.25, -0.2) is 0 Å². The predicted octanol–water partition coefficient (Wildman–Crippen LogP) is 2.53. The van der Waals surface area contributed by atoms with E-state index in [0.717, 1.165) is 0 Å². The van der Waals surface area contributed by atoms with Crippen LogP contribution >= 0.6 is 0 Å². The minimum atomic E-state index is -1.14. The first kappa shape index (κ1) is 27.9. The van der Waals surface area contributed by atoms with Gasteiger partial charge in [0.05, 0.1) is 23.9 Å². The molecule has 0 aromatic heterocycles. The van der Waals surface area contributed by atoms with Crippen LogP contribution in [-0.2, 0) is 42.8 Å².